The van der Waals surface area contributed by atoms with Gasteiger partial charge in [0.15, 0.2) is 15.7 Å². The molecular weight excluding hydrogens is 445 g/mol. The first-order valence-electron chi connectivity index (χ1n) is 8.30. The van der Waals surface area contributed by atoms with E-state index in [1.54, 1.807) is 13.0 Å². The van der Waals surface area contributed by atoms with Crippen molar-refractivity contribution in [2.45, 2.75) is 18.0 Å². The standard InChI is InChI=1S/C17H17F3N4O4S2/c1-3-28-14(25)9-22-12(8-13(21)17(18,19)20)15-23-16(29-24-15)10-5-4-6-11(7-10)30(2,26)27/h4-8H,3,9,21H2,1-2H3/b13-8-,22-12?. The van der Waals surface area contributed by atoms with E-state index in [1.807, 2.05) is 0 Å². The van der Waals surface area contributed by atoms with E-state index in [9.17, 15) is 26.4 Å². The van der Waals surface area contributed by atoms with E-state index in [-0.39, 0.29) is 28.0 Å². The van der Waals surface area contributed by atoms with Crippen molar-refractivity contribution in [3.8, 4) is 10.6 Å². The van der Waals surface area contributed by atoms with Gasteiger partial charge in [0.2, 0.25) is 0 Å². The summed E-state index contributed by atoms with van der Waals surface area (Å²) in [6.07, 6.45) is -3.24. The van der Waals surface area contributed by atoms with E-state index in [0.717, 1.165) is 17.8 Å². The molecule has 13 heteroatoms. The van der Waals surface area contributed by atoms with Gasteiger partial charge in [-0.15, -0.1) is 0 Å². The summed E-state index contributed by atoms with van der Waals surface area (Å²) in [5, 5.41) is 0.248. The molecule has 0 aliphatic rings. The summed E-state index contributed by atoms with van der Waals surface area (Å²) in [5.41, 5.74) is 3.66. The molecule has 8 nitrogen and oxygen atoms in total. The molecule has 0 saturated heterocycles. The summed E-state index contributed by atoms with van der Waals surface area (Å²) in [6.45, 7) is 1.10. The first kappa shape index (κ1) is 23.5. The van der Waals surface area contributed by atoms with Crippen molar-refractivity contribution in [2.24, 2.45) is 10.7 Å². The minimum absolute atomic E-state index is 0.0502. The monoisotopic (exact) mass is 462 g/mol. The maximum absolute atomic E-state index is 12.8. The van der Waals surface area contributed by atoms with Crippen LogP contribution in [0.5, 0.6) is 0 Å². The number of allylic oxidation sites excluding steroid dienone is 2. The van der Waals surface area contributed by atoms with E-state index < -0.39 is 34.2 Å². The number of esters is 1. The number of benzene rings is 1. The Morgan fingerprint density at radius 2 is 2.07 bits per heavy atom. The molecule has 30 heavy (non-hydrogen) atoms. The molecule has 2 N–H and O–H groups in total. The number of nitrogens with zero attached hydrogens (tertiary/aromatic N) is 3. The molecule has 0 aliphatic carbocycles. The number of carbonyl (C=O) groups excluding carboxylic acids is 1. The smallest absolute Gasteiger partial charge is 0.430 e. The van der Waals surface area contributed by atoms with Crippen LogP contribution in [0.25, 0.3) is 10.6 Å². The normalized spacial score (nSPS) is 13.4. The van der Waals surface area contributed by atoms with Gasteiger partial charge in [0.05, 0.1) is 11.5 Å². The third-order valence-corrected chi connectivity index (χ3v) is 5.34. The molecule has 0 fully saturated rings. The van der Waals surface area contributed by atoms with Crippen LogP contribution < -0.4 is 5.73 Å². The van der Waals surface area contributed by atoms with Crippen LogP contribution in [0.1, 0.15) is 12.7 Å². The highest BCUT2D eigenvalue weighted by Gasteiger charge is 2.32. The Labute approximate surface area is 174 Å². The average molecular weight is 462 g/mol. The number of sulfone groups is 1. The molecule has 0 saturated carbocycles. The molecule has 0 aliphatic heterocycles. The number of aromatic nitrogens is 2. The lowest BCUT2D eigenvalue weighted by Crippen LogP contribution is -2.21. The maximum Gasteiger partial charge on any atom is 0.430 e. The SMILES string of the molecule is CCOC(=O)CN=C(/C=C(\N)C(F)(F)F)c1nsc(-c2cccc(S(C)(=O)=O)c2)n1. The molecule has 2 rings (SSSR count). The van der Waals surface area contributed by atoms with Crippen molar-refractivity contribution in [2.75, 3.05) is 19.4 Å². The van der Waals surface area contributed by atoms with Crippen molar-refractivity contribution in [1.82, 2.24) is 9.36 Å². The topological polar surface area (TPSA) is 125 Å². The second kappa shape index (κ2) is 9.34. The number of rotatable bonds is 7. The zero-order chi connectivity index (χ0) is 22.5. The Morgan fingerprint density at radius 3 is 2.67 bits per heavy atom. The third kappa shape index (κ3) is 6.35. The number of carbonyl (C=O) groups is 1. The van der Waals surface area contributed by atoms with Crippen molar-refractivity contribution in [3.05, 3.63) is 41.9 Å². The fourth-order valence-corrected chi connectivity index (χ4v) is 3.40. The summed E-state index contributed by atoms with van der Waals surface area (Å²) >= 11 is 0.825. The van der Waals surface area contributed by atoms with Gasteiger partial charge in [0.25, 0.3) is 0 Å². The van der Waals surface area contributed by atoms with E-state index in [0.29, 0.717) is 11.6 Å². The zero-order valence-electron chi connectivity index (χ0n) is 15.8. The van der Waals surface area contributed by atoms with E-state index >= 15 is 0 Å². The number of aliphatic imine (C=N–C) groups is 1. The number of ether oxygens (including phenoxy) is 1. The van der Waals surface area contributed by atoms with Gasteiger partial charge < -0.3 is 10.5 Å². The van der Waals surface area contributed by atoms with Crippen LogP contribution in [0.3, 0.4) is 0 Å². The average Bonchev–Trinajstić information content (AvgIpc) is 3.14. The highest BCUT2D eigenvalue weighted by Crippen LogP contribution is 2.26. The van der Waals surface area contributed by atoms with Crippen LogP contribution in [0.15, 0.2) is 45.9 Å². The first-order valence-corrected chi connectivity index (χ1v) is 11.0. The molecule has 0 radical (unpaired) electrons. The number of nitrogens with two attached hydrogens (primary N) is 1. The van der Waals surface area contributed by atoms with E-state index in [2.05, 4.69) is 14.3 Å². The fraction of sp³-hybridized carbons (Fsp3) is 0.294. The van der Waals surface area contributed by atoms with E-state index in [1.165, 1.54) is 18.2 Å². The lowest BCUT2D eigenvalue weighted by Gasteiger charge is -2.06. The molecule has 1 heterocycles. The highest BCUT2D eigenvalue weighted by atomic mass is 32.2. The Kier molecular flexibility index (Phi) is 7.31. The summed E-state index contributed by atoms with van der Waals surface area (Å²) in [6, 6.07) is 5.85. The third-order valence-electron chi connectivity index (χ3n) is 3.47. The van der Waals surface area contributed by atoms with Gasteiger partial charge in [-0.05, 0) is 36.7 Å². The predicted octanol–water partition coefficient (Wildman–Crippen LogP) is 2.37. The van der Waals surface area contributed by atoms with E-state index in [4.69, 9.17) is 10.5 Å². The Balaban J connectivity index is 2.45. The van der Waals surface area contributed by atoms with Gasteiger partial charge in [-0.25, -0.2) is 13.4 Å². The second-order valence-electron chi connectivity index (χ2n) is 5.83. The van der Waals surface area contributed by atoms with Crippen molar-refractivity contribution >= 4 is 33.1 Å². The van der Waals surface area contributed by atoms with Crippen LogP contribution in [0.4, 0.5) is 13.2 Å². The summed E-state index contributed by atoms with van der Waals surface area (Å²) in [5.74, 6) is -0.943. The predicted molar refractivity (Wildman–Crippen MR) is 105 cm³/mol. The molecule has 0 bridgehead atoms. The van der Waals surface area contributed by atoms with Crippen molar-refractivity contribution < 1.29 is 31.1 Å². The van der Waals surface area contributed by atoms with Crippen molar-refractivity contribution in [1.29, 1.82) is 0 Å². The highest BCUT2D eigenvalue weighted by molar-refractivity contribution is 7.90. The molecule has 0 spiro atoms. The van der Waals surface area contributed by atoms with Gasteiger partial charge in [-0.2, -0.15) is 17.5 Å². The Morgan fingerprint density at radius 1 is 1.37 bits per heavy atom. The number of halogens is 3. The molecular formula is C17H17F3N4O4S2. The van der Waals surface area contributed by atoms with Crippen LogP contribution in [-0.4, -0.2) is 55.0 Å². The number of alkyl halides is 3. The van der Waals surface area contributed by atoms with Gasteiger partial charge in [0.1, 0.15) is 23.0 Å². The first-order chi connectivity index (χ1) is 13.9. The molecule has 0 amide bonds. The number of hydrogen-bond donors (Lipinski definition) is 1. The van der Waals surface area contributed by atoms with Crippen molar-refractivity contribution in [3.63, 3.8) is 0 Å². The van der Waals surface area contributed by atoms with Gasteiger partial charge in [-0.1, -0.05) is 12.1 Å². The lowest BCUT2D eigenvalue weighted by atomic mass is 10.2. The zero-order valence-corrected chi connectivity index (χ0v) is 17.4. The molecule has 2 aromatic rings. The molecule has 0 atom stereocenters. The summed E-state index contributed by atoms with van der Waals surface area (Å²) < 4.78 is 70.6. The minimum atomic E-state index is -4.81. The van der Waals surface area contributed by atoms with Gasteiger partial charge >= 0.3 is 12.1 Å². The summed E-state index contributed by atoms with van der Waals surface area (Å²) in [7, 11) is -3.47. The summed E-state index contributed by atoms with van der Waals surface area (Å²) in [4.78, 5) is 19.5. The van der Waals surface area contributed by atoms with Crippen LogP contribution in [0.2, 0.25) is 0 Å². The Bertz CT molecular complexity index is 1090. The largest absolute Gasteiger partial charge is 0.465 e. The van der Waals surface area contributed by atoms with Crippen LogP contribution in [-0.2, 0) is 19.4 Å². The Hall–Kier alpha value is -2.80. The molecule has 1 aromatic heterocycles. The van der Waals surface area contributed by atoms with Crippen LogP contribution >= 0.6 is 11.5 Å². The minimum Gasteiger partial charge on any atom is -0.465 e. The quantitative estimate of drug-likeness (QED) is 0.495. The molecule has 162 valence electrons. The van der Waals surface area contributed by atoms with Gasteiger partial charge in [-0.3, -0.25) is 9.79 Å². The van der Waals surface area contributed by atoms with Gasteiger partial charge in [0, 0.05) is 11.8 Å². The molecule has 0 unspecified atom stereocenters. The van der Waals surface area contributed by atoms with Crippen LogP contribution in [0, 0.1) is 0 Å². The maximum atomic E-state index is 12.8. The second-order valence-corrected chi connectivity index (χ2v) is 8.59. The fourth-order valence-electron chi connectivity index (χ4n) is 2.07. The lowest BCUT2D eigenvalue weighted by molar-refractivity contribution is -0.141. The number of hydrogen-bond acceptors (Lipinski definition) is 9. The molecule has 1 aromatic carbocycles.